The van der Waals surface area contributed by atoms with E-state index in [1.165, 1.54) is 18.0 Å². The van der Waals surface area contributed by atoms with Crippen molar-refractivity contribution in [2.24, 2.45) is 4.99 Å². The number of benzene rings is 4. The molecule has 4 aromatic carbocycles. The average Bonchev–Trinajstić information content (AvgIpc) is 3.44. The number of carbonyl (C=O) groups excluding carboxylic acids is 1. The van der Waals surface area contributed by atoms with Crippen LogP contribution in [0.25, 0.3) is 21.8 Å². The van der Waals surface area contributed by atoms with Gasteiger partial charge in [-0.2, -0.15) is 0 Å². The number of para-hydroxylation sites is 4. The largest absolute Gasteiger partial charge is 0.506 e. The monoisotopic (exact) mass is 572 g/mol. The maximum atomic E-state index is 10.2. The molecular formula is C35H32N4O4. The Labute approximate surface area is 249 Å². The van der Waals surface area contributed by atoms with Gasteiger partial charge < -0.3 is 20.7 Å². The molecule has 0 radical (unpaired) electrons. The van der Waals surface area contributed by atoms with Gasteiger partial charge in [0, 0.05) is 28.4 Å². The van der Waals surface area contributed by atoms with Gasteiger partial charge in [-0.05, 0) is 48.4 Å². The smallest absolute Gasteiger partial charge is 0.298 e. The molecule has 8 heteroatoms. The van der Waals surface area contributed by atoms with Crippen molar-refractivity contribution < 1.29 is 19.7 Å². The molecule has 0 bridgehead atoms. The number of aryl methyl sites for hydroxylation is 1. The molecule has 6 aromatic rings. The summed E-state index contributed by atoms with van der Waals surface area (Å²) in [6.07, 6.45) is 3.50. The van der Waals surface area contributed by atoms with E-state index in [-0.39, 0.29) is 31.1 Å². The number of ether oxygens (including phenoxy) is 1. The van der Waals surface area contributed by atoms with Crippen molar-refractivity contribution in [2.45, 2.75) is 20.8 Å². The van der Waals surface area contributed by atoms with Gasteiger partial charge in [-0.1, -0.05) is 74.2 Å². The molecule has 0 unspecified atom stereocenters. The summed E-state index contributed by atoms with van der Waals surface area (Å²) in [5.74, 6) is 0.191. The van der Waals surface area contributed by atoms with Crippen LogP contribution in [0, 0.1) is 6.92 Å². The highest BCUT2D eigenvalue weighted by Crippen LogP contribution is 2.34. The predicted molar refractivity (Wildman–Crippen MR) is 172 cm³/mol. The van der Waals surface area contributed by atoms with Crippen LogP contribution in [0.4, 0.5) is 11.4 Å². The van der Waals surface area contributed by atoms with Crippen molar-refractivity contribution in [3.05, 3.63) is 126 Å². The Kier molecular flexibility index (Phi) is 9.65. The number of hydrogen-bond acceptors (Lipinski definition) is 8. The summed E-state index contributed by atoms with van der Waals surface area (Å²) in [5.41, 5.74) is 13.0. The molecule has 4 N–H and O–H groups in total. The quantitative estimate of drug-likeness (QED) is 0.150. The Morgan fingerprint density at radius 1 is 0.767 bits per heavy atom. The molecule has 0 atom stereocenters. The van der Waals surface area contributed by atoms with E-state index in [2.05, 4.69) is 25.8 Å². The lowest BCUT2D eigenvalue weighted by Gasteiger charge is -2.08. The van der Waals surface area contributed by atoms with E-state index in [0.717, 1.165) is 45.5 Å². The molecule has 0 fully saturated rings. The van der Waals surface area contributed by atoms with Crippen LogP contribution in [0.5, 0.6) is 17.2 Å². The molecule has 0 spiro atoms. The number of nitrogen functional groups attached to an aromatic ring is 1. The summed E-state index contributed by atoms with van der Waals surface area (Å²) < 4.78 is 4.68. The lowest BCUT2D eigenvalue weighted by atomic mass is 10.00. The number of aromatic nitrogens is 2. The number of carbonyl (C=O) groups is 1. The zero-order valence-electron chi connectivity index (χ0n) is 22.8. The molecule has 0 aliphatic carbocycles. The van der Waals surface area contributed by atoms with E-state index >= 15 is 0 Å². The van der Waals surface area contributed by atoms with E-state index in [1.54, 1.807) is 18.2 Å². The van der Waals surface area contributed by atoms with Gasteiger partial charge in [-0.3, -0.25) is 19.8 Å². The van der Waals surface area contributed by atoms with Gasteiger partial charge in [0.15, 0.2) is 11.5 Å². The minimum Gasteiger partial charge on any atom is -0.506 e. The molecule has 3 heterocycles. The minimum atomic E-state index is -0.143. The summed E-state index contributed by atoms with van der Waals surface area (Å²) in [4.78, 5) is 23.1. The summed E-state index contributed by atoms with van der Waals surface area (Å²) in [6, 6.07) is 30.8. The van der Waals surface area contributed by atoms with Crippen LogP contribution in [-0.4, -0.2) is 32.4 Å². The van der Waals surface area contributed by atoms with Crippen LogP contribution < -0.4 is 10.5 Å². The van der Waals surface area contributed by atoms with Gasteiger partial charge in [0.1, 0.15) is 5.75 Å². The Morgan fingerprint density at radius 3 is 2.00 bits per heavy atom. The summed E-state index contributed by atoms with van der Waals surface area (Å²) in [5, 5.41) is 21.2. The van der Waals surface area contributed by atoms with E-state index in [9.17, 15) is 15.0 Å². The summed E-state index contributed by atoms with van der Waals surface area (Å²) in [7, 11) is 0. The fourth-order valence-corrected chi connectivity index (χ4v) is 4.58. The minimum absolute atomic E-state index is 0. The SMILES string of the molecule is C.Cc1ccccc1N.O=COc1c(O)cnc2ccccc12.Oc1cnc2ccccc2c1C1=Nc2ccccc2C1. The van der Waals surface area contributed by atoms with Gasteiger partial charge in [0.2, 0.25) is 0 Å². The van der Waals surface area contributed by atoms with Crippen LogP contribution in [0.2, 0.25) is 0 Å². The third kappa shape index (κ3) is 6.77. The third-order valence-corrected chi connectivity index (χ3v) is 6.71. The normalized spacial score (nSPS) is 11.1. The molecular weight excluding hydrogens is 540 g/mol. The van der Waals surface area contributed by atoms with Gasteiger partial charge in [0.05, 0.1) is 34.8 Å². The zero-order chi connectivity index (χ0) is 29.5. The lowest BCUT2D eigenvalue weighted by Crippen LogP contribution is -2.02. The molecule has 0 amide bonds. The first-order valence-electron chi connectivity index (χ1n) is 13.2. The number of nitrogens with two attached hydrogens (primary N) is 1. The van der Waals surface area contributed by atoms with Crippen molar-refractivity contribution in [1.29, 1.82) is 0 Å². The van der Waals surface area contributed by atoms with Crippen LogP contribution >= 0.6 is 0 Å². The average molecular weight is 573 g/mol. The fraction of sp³-hybridized carbons (Fsp3) is 0.0857. The van der Waals surface area contributed by atoms with Crippen molar-refractivity contribution in [2.75, 3.05) is 5.73 Å². The topological polar surface area (TPSA) is 131 Å². The number of pyridine rings is 2. The predicted octanol–water partition coefficient (Wildman–Crippen LogP) is 7.31. The highest BCUT2D eigenvalue weighted by molar-refractivity contribution is 6.15. The summed E-state index contributed by atoms with van der Waals surface area (Å²) in [6.45, 7) is 2.27. The highest BCUT2D eigenvalue weighted by Gasteiger charge is 2.20. The first-order chi connectivity index (χ1) is 20.5. The fourth-order valence-electron chi connectivity index (χ4n) is 4.58. The van der Waals surface area contributed by atoms with Crippen molar-refractivity contribution in [1.82, 2.24) is 9.97 Å². The first kappa shape index (κ1) is 30.2. The molecule has 8 nitrogen and oxygen atoms in total. The second-order valence-electron chi connectivity index (χ2n) is 9.46. The van der Waals surface area contributed by atoms with Crippen LogP contribution in [0.15, 0.2) is 114 Å². The zero-order valence-corrected chi connectivity index (χ0v) is 22.8. The van der Waals surface area contributed by atoms with Crippen LogP contribution in [0.1, 0.15) is 24.1 Å². The van der Waals surface area contributed by atoms with Crippen LogP contribution in [0.3, 0.4) is 0 Å². The Morgan fingerprint density at radius 2 is 1.35 bits per heavy atom. The van der Waals surface area contributed by atoms with Gasteiger partial charge in [-0.25, -0.2) is 0 Å². The molecule has 43 heavy (non-hydrogen) atoms. The number of hydrogen-bond donors (Lipinski definition) is 3. The third-order valence-electron chi connectivity index (χ3n) is 6.71. The Hall–Kier alpha value is -5.76. The van der Waals surface area contributed by atoms with E-state index in [1.807, 2.05) is 79.7 Å². The van der Waals surface area contributed by atoms with E-state index < -0.39 is 0 Å². The maximum Gasteiger partial charge on any atom is 0.298 e. The Balaban J connectivity index is 0.000000161. The van der Waals surface area contributed by atoms with Crippen molar-refractivity contribution in [3.63, 3.8) is 0 Å². The number of rotatable bonds is 3. The Bertz CT molecular complexity index is 1900. The summed E-state index contributed by atoms with van der Waals surface area (Å²) >= 11 is 0. The van der Waals surface area contributed by atoms with Gasteiger partial charge in [0.25, 0.3) is 6.47 Å². The number of aromatic hydroxyl groups is 2. The maximum absolute atomic E-state index is 10.2. The standard InChI is InChI=1S/C17H12N2O.C10H7NO3.C7H9N.CH4/c20-16-10-18-14-8-4-2-6-12(14)17(16)15-9-11-5-1-3-7-13(11)19-15;12-6-14-10-7-3-1-2-4-8(7)11-5-9(10)13;1-6-4-2-3-5-7(6)8;/h1-8,10,20H,9H2;1-6,13H;2-5H,8H2,1H3;1H4. The lowest BCUT2D eigenvalue weighted by molar-refractivity contribution is -0.120. The molecule has 0 saturated carbocycles. The second-order valence-corrected chi connectivity index (χ2v) is 9.46. The number of fused-ring (bicyclic) bond motifs is 3. The molecule has 7 rings (SSSR count). The number of aliphatic imine (C=N–C) groups is 1. The molecule has 1 aliphatic rings. The van der Waals surface area contributed by atoms with Crippen LogP contribution in [-0.2, 0) is 11.2 Å². The molecule has 0 saturated heterocycles. The number of nitrogens with zero attached hydrogens (tertiary/aromatic N) is 3. The first-order valence-corrected chi connectivity index (χ1v) is 13.2. The highest BCUT2D eigenvalue weighted by atomic mass is 16.5. The molecule has 2 aromatic heterocycles. The van der Waals surface area contributed by atoms with E-state index in [4.69, 9.17) is 5.73 Å². The second kappa shape index (κ2) is 13.7. The van der Waals surface area contributed by atoms with Crippen molar-refractivity contribution in [3.8, 4) is 17.2 Å². The van der Waals surface area contributed by atoms with E-state index in [0.29, 0.717) is 10.9 Å². The van der Waals surface area contributed by atoms with Gasteiger partial charge >= 0.3 is 0 Å². The molecule has 216 valence electrons. The number of anilines is 1. The molecule has 1 aliphatic heterocycles. The van der Waals surface area contributed by atoms with Gasteiger partial charge in [-0.15, -0.1) is 0 Å². The van der Waals surface area contributed by atoms with Crippen molar-refractivity contribution >= 4 is 45.4 Å².